The number of fused-ring (bicyclic) bond motifs is 1. The highest BCUT2D eigenvalue weighted by molar-refractivity contribution is 7.10. The minimum Gasteiger partial charge on any atom is -0.493 e. The SMILES string of the molecule is CCCOc1ccccc1NC(=O)CN1CCc2cc(OC)c(OC)cc2C1c1cccs1. The van der Waals surface area contributed by atoms with Gasteiger partial charge in [0.05, 0.1) is 39.1 Å². The summed E-state index contributed by atoms with van der Waals surface area (Å²) in [5, 5.41) is 5.12. The molecule has 0 aliphatic carbocycles. The van der Waals surface area contributed by atoms with Crippen LogP contribution in [-0.2, 0) is 11.2 Å². The van der Waals surface area contributed by atoms with E-state index in [0.717, 1.165) is 30.7 Å². The van der Waals surface area contributed by atoms with Crippen LogP contribution in [0, 0.1) is 0 Å². The number of hydrogen-bond acceptors (Lipinski definition) is 6. The quantitative estimate of drug-likeness (QED) is 0.473. The number of benzene rings is 2. The Hall–Kier alpha value is -3.03. The van der Waals surface area contributed by atoms with Gasteiger partial charge in [0.25, 0.3) is 0 Å². The molecule has 1 amide bonds. The van der Waals surface area contributed by atoms with Gasteiger partial charge in [-0.2, -0.15) is 0 Å². The number of amides is 1. The van der Waals surface area contributed by atoms with Crippen molar-refractivity contribution in [3.63, 3.8) is 0 Å². The topological polar surface area (TPSA) is 60.0 Å². The molecule has 33 heavy (non-hydrogen) atoms. The average Bonchev–Trinajstić information content (AvgIpc) is 3.37. The number of carbonyl (C=O) groups is 1. The molecule has 0 saturated carbocycles. The highest BCUT2D eigenvalue weighted by atomic mass is 32.1. The number of carbonyl (C=O) groups excluding carboxylic acids is 1. The summed E-state index contributed by atoms with van der Waals surface area (Å²) in [6, 6.07) is 15.8. The molecule has 1 aliphatic rings. The van der Waals surface area contributed by atoms with Crippen LogP contribution in [0.25, 0.3) is 0 Å². The molecular formula is C26H30N2O4S. The Morgan fingerprint density at radius 3 is 2.61 bits per heavy atom. The molecule has 7 heteroatoms. The zero-order valence-corrected chi connectivity index (χ0v) is 20.1. The van der Waals surface area contributed by atoms with E-state index in [1.165, 1.54) is 10.4 Å². The molecule has 6 nitrogen and oxygen atoms in total. The van der Waals surface area contributed by atoms with E-state index in [-0.39, 0.29) is 18.5 Å². The fourth-order valence-corrected chi connectivity index (χ4v) is 5.11. The Bertz CT molecular complexity index is 1080. The van der Waals surface area contributed by atoms with Crippen LogP contribution in [0.1, 0.15) is 35.4 Å². The Balaban J connectivity index is 1.59. The molecule has 0 radical (unpaired) electrons. The zero-order valence-electron chi connectivity index (χ0n) is 19.3. The van der Waals surface area contributed by atoms with E-state index in [1.807, 2.05) is 24.3 Å². The normalized spacial score (nSPS) is 15.5. The molecule has 0 saturated heterocycles. The summed E-state index contributed by atoms with van der Waals surface area (Å²) < 4.78 is 16.9. The summed E-state index contributed by atoms with van der Waals surface area (Å²) in [7, 11) is 3.30. The van der Waals surface area contributed by atoms with E-state index in [2.05, 4.69) is 46.8 Å². The molecule has 1 N–H and O–H groups in total. The molecule has 2 aromatic carbocycles. The monoisotopic (exact) mass is 466 g/mol. The zero-order chi connectivity index (χ0) is 23.2. The van der Waals surface area contributed by atoms with Crippen LogP contribution < -0.4 is 19.5 Å². The smallest absolute Gasteiger partial charge is 0.238 e. The van der Waals surface area contributed by atoms with Crippen molar-refractivity contribution >= 4 is 22.9 Å². The number of para-hydroxylation sites is 2. The fourth-order valence-electron chi connectivity index (χ4n) is 4.23. The third-order valence-electron chi connectivity index (χ3n) is 5.76. The van der Waals surface area contributed by atoms with Crippen LogP contribution in [0.3, 0.4) is 0 Å². The van der Waals surface area contributed by atoms with Crippen molar-refractivity contribution in [2.45, 2.75) is 25.8 Å². The van der Waals surface area contributed by atoms with E-state index in [0.29, 0.717) is 23.8 Å². The largest absolute Gasteiger partial charge is 0.493 e. The van der Waals surface area contributed by atoms with Gasteiger partial charge in [-0.15, -0.1) is 11.3 Å². The molecule has 0 fully saturated rings. The molecule has 1 aliphatic heterocycles. The van der Waals surface area contributed by atoms with Crippen molar-refractivity contribution in [3.8, 4) is 17.2 Å². The first-order chi connectivity index (χ1) is 16.1. The van der Waals surface area contributed by atoms with Gasteiger partial charge in [-0.3, -0.25) is 9.69 Å². The summed E-state index contributed by atoms with van der Waals surface area (Å²) in [6.07, 6.45) is 1.74. The second kappa shape index (κ2) is 10.7. The van der Waals surface area contributed by atoms with Crippen LogP contribution >= 0.6 is 11.3 Å². The van der Waals surface area contributed by atoms with E-state index in [9.17, 15) is 4.79 Å². The van der Waals surface area contributed by atoms with Crippen LogP contribution in [0.15, 0.2) is 53.9 Å². The third-order valence-corrected chi connectivity index (χ3v) is 6.68. The number of methoxy groups -OCH3 is 2. The summed E-state index contributed by atoms with van der Waals surface area (Å²) in [6.45, 7) is 3.72. The molecule has 4 rings (SSSR count). The highest BCUT2D eigenvalue weighted by Crippen LogP contribution is 2.42. The van der Waals surface area contributed by atoms with Crippen LogP contribution in [0.4, 0.5) is 5.69 Å². The van der Waals surface area contributed by atoms with Crippen molar-refractivity contribution in [1.82, 2.24) is 4.90 Å². The maximum absolute atomic E-state index is 13.1. The lowest BCUT2D eigenvalue weighted by Crippen LogP contribution is -2.41. The van der Waals surface area contributed by atoms with Crippen molar-refractivity contribution < 1.29 is 19.0 Å². The van der Waals surface area contributed by atoms with E-state index in [1.54, 1.807) is 25.6 Å². The number of thiophene rings is 1. The lowest BCUT2D eigenvalue weighted by atomic mass is 9.91. The molecule has 1 unspecified atom stereocenters. The van der Waals surface area contributed by atoms with Gasteiger partial charge in [-0.1, -0.05) is 25.1 Å². The Morgan fingerprint density at radius 2 is 1.88 bits per heavy atom. The Morgan fingerprint density at radius 1 is 1.09 bits per heavy atom. The first-order valence-corrected chi connectivity index (χ1v) is 12.1. The van der Waals surface area contributed by atoms with Crippen molar-refractivity contribution in [2.75, 3.05) is 39.2 Å². The van der Waals surface area contributed by atoms with Crippen molar-refractivity contribution in [2.24, 2.45) is 0 Å². The molecule has 2 heterocycles. The van der Waals surface area contributed by atoms with Gasteiger partial charge in [0.15, 0.2) is 11.5 Å². The minimum absolute atomic E-state index is 0.0223. The number of ether oxygens (including phenoxy) is 3. The summed E-state index contributed by atoms with van der Waals surface area (Å²) in [4.78, 5) is 16.5. The predicted octanol–water partition coefficient (Wildman–Crippen LogP) is 5.14. The van der Waals surface area contributed by atoms with Gasteiger partial charge in [0, 0.05) is 11.4 Å². The van der Waals surface area contributed by atoms with Gasteiger partial charge in [-0.05, 0) is 59.7 Å². The summed E-state index contributed by atoms with van der Waals surface area (Å²) in [5.74, 6) is 2.07. The Labute approximate surface area is 199 Å². The number of nitrogens with zero attached hydrogens (tertiary/aromatic N) is 1. The maximum atomic E-state index is 13.1. The number of nitrogens with one attached hydrogen (secondary N) is 1. The molecule has 174 valence electrons. The molecule has 1 aromatic heterocycles. The number of hydrogen-bond donors (Lipinski definition) is 1. The van der Waals surface area contributed by atoms with Crippen LogP contribution in [0.2, 0.25) is 0 Å². The fraction of sp³-hybridized carbons (Fsp3) is 0.346. The van der Waals surface area contributed by atoms with Gasteiger partial charge in [0.1, 0.15) is 5.75 Å². The van der Waals surface area contributed by atoms with Gasteiger partial charge < -0.3 is 19.5 Å². The lowest BCUT2D eigenvalue weighted by Gasteiger charge is -2.37. The molecule has 0 bridgehead atoms. The minimum atomic E-state index is -0.0620. The molecule has 0 spiro atoms. The Kier molecular flexibility index (Phi) is 7.52. The summed E-state index contributed by atoms with van der Waals surface area (Å²) >= 11 is 1.70. The van der Waals surface area contributed by atoms with Gasteiger partial charge >= 0.3 is 0 Å². The van der Waals surface area contributed by atoms with Crippen molar-refractivity contribution in [1.29, 1.82) is 0 Å². The van der Waals surface area contributed by atoms with Gasteiger partial charge in [0.2, 0.25) is 5.91 Å². The van der Waals surface area contributed by atoms with E-state index >= 15 is 0 Å². The van der Waals surface area contributed by atoms with Crippen molar-refractivity contribution in [3.05, 3.63) is 69.9 Å². The third kappa shape index (κ3) is 5.15. The predicted molar refractivity (Wildman–Crippen MR) is 132 cm³/mol. The highest BCUT2D eigenvalue weighted by Gasteiger charge is 2.32. The van der Waals surface area contributed by atoms with E-state index < -0.39 is 0 Å². The molecule has 1 atom stereocenters. The lowest BCUT2D eigenvalue weighted by molar-refractivity contribution is -0.117. The number of rotatable bonds is 9. The standard InChI is InChI=1S/C26H30N2O4S/c1-4-13-32-21-9-6-5-8-20(21)27-25(29)17-28-12-11-18-15-22(30-2)23(31-3)16-19(18)26(28)24-10-7-14-33-24/h5-10,14-16,26H,4,11-13,17H2,1-3H3,(H,27,29). The first kappa shape index (κ1) is 23.1. The number of anilines is 1. The van der Waals surface area contributed by atoms with Gasteiger partial charge in [-0.25, -0.2) is 0 Å². The van der Waals surface area contributed by atoms with Crippen LogP contribution in [0.5, 0.6) is 17.2 Å². The molecular weight excluding hydrogens is 436 g/mol. The molecule has 3 aromatic rings. The van der Waals surface area contributed by atoms with E-state index in [4.69, 9.17) is 14.2 Å². The van der Waals surface area contributed by atoms with Crippen LogP contribution in [-0.4, -0.2) is 44.7 Å². The second-order valence-electron chi connectivity index (χ2n) is 7.94. The first-order valence-electron chi connectivity index (χ1n) is 11.2. The second-order valence-corrected chi connectivity index (χ2v) is 8.92. The average molecular weight is 467 g/mol. The maximum Gasteiger partial charge on any atom is 0.238 e. The summed E-state index contributed by atoms with van der Waals surface area (Å²) in [5.41, 5.74) is 3.08.